The van der Waals surface area contributed by atoms with Crippen LogP contribution in [0.2, 0.25) is 0 Å². The Labute approximate surface area is 197 Å². The highest BCUT2D eigenvalue weighted by Gasteiger charge is 2.24. The van der Waals surface area contributed by atoms with Crippen molar-refractivity contribution in [3.8, 4) is 11.3 Å². The van der Waals surface area contributed by atoms with Gasteiger partial charge in [-0.25, -0.2) is 4.98 Å². The highest BCUT2D eigenvalue weighted by atomic mass is 32.1. The minimum Gasteiger partial charge on any atom is -0.363 e. The number of hydrogen-bond acceptors (Lipinski definition) is 7. The van der Waals surface area contributed by atoms with Crippen molar-refractivity contribution in [2.45, 2.75) is 20.8 Å². The van der Waals surface area contributed by atoms with Crippen LogP contribution in [0.25, 0.3) is 11.3 Å². The van der Waals surface area contributed by atoms with Crippen LogP contribution < -0.4 is 10.2 Å². The van der Waals surface area contributed by atoms with E-state index in [1.165, 1.54) is 34.1 Å². The van der Waals surface area contributed by atoms with Crippen molar-refractivity contribution in [3.63, 3.8) is 0 Å². The molecule has 0 spiro atoms. The molecule has 4 rings (SSSR count). The SMILES string of the molecule is Cc1cc(C)c(-c2csc(NC(=O)CN3CCN(c4ccccc4[N+](=O)[O-])CC3)n2)c(C)c1. The molecule has 1 fully saturated rings. The summed E-state index contributed by atoms with van der Waals surface area (Å²) >= 11 is 1.42. The van der Waals surface area contributed by atoms with Crippen molar-refractivity contribution in [2.24, 2.45) is 0 Å². The van der Waals surface area contributed by atoms with Crippen LogP contribution in [-0.4, -0.2) is 53.4 Å². The Kier molecular flexibility index (Phi) is 6.71. The lowest BCUT2D eigenvalue weighted by molar-refractivity contribution is -0.384. The number of nitro groups is 1. The average Bonchev–Trinajstić information content (AvgIpc) is 3.21. The molecule has 1 aliphatic heterocycles. The number of aryl methyl sites for hydroxylation is 3. The van der Waals surface area contributed by atoms with Gasteiger partial charge in [0.05, 0.1) is 17.2 Å². The summed E-state index contributed by atoms with van der Waals surface area (Å²) in [5.74, 6) is -0.104. The number of para-hydroxylation sites is 2. The molecule has 0 bridgehead atoms. The summed E-state index contributed by atoms with van der Waals surface area (Å²) < 4.78 is 0. The van der Waals surface area contributed by atoms with Gasteiger partial charge in [-0.1, -0.05) is 29.8 Å². The van der Waals surface area contributed by atoms with Crippen LogP contribution in [0, 0.1) is 30.9 Å². The molecule has 0 saturated carbocycles. The molecule has 3 aromatic rings. The summed E-state index contributed by atoms with van der Waals surface area (Å²) in [6.07, 6.45) is 0. The minimum absolute atomic E-state index is 0.104. The standard InChI is InChI=1S/C24H27N5O3S/c1-16-12-17(2)23(18(3)13-16)19-15-33-24(25-19)26-22(30)14-27-8-10-28(11-9-27)20-6-4-5-7-21(20)29(31)32/h4-7,12-13,15H,8-11,14H2,1-3H3,(H,25,26,30). The minimum atomic E-state index is -0.350. The van der Waals surface area contributed by atoms with Gasteiger partial charge < -0.3 is 10.2 Å². The molecule has 1 saturated heterocycles. The largest absolute Gasteiger partial charge is 0.363 e. The highest BCUT2D eigenvalue weighted by molar-refractivity contribution is 7.14. The van der Waals surface area contributed by atoms with Crippen molar-refractivity contribution < 1.29 is 9.72 Å². The number of piperazine rings is 1. The van der Waals surface area contributed by atoms with Crippen molar-refractivity contribution in [3.05, 3.63) is 68.6 Å². The molecule has 8 nitrogen and oxygen atoms in total. The first-order valence-electron chi connectivity index (χ1n) is 10.9. The molecule has 172 valence electrons. The number of thiazole rings is 1. The normalized spacial score (nSPS) is 14.3. The Hall–Kier alpha value is -3.30. The second kappa shape index (κ2) is 9.68. The van der Waals surface area contributed by atoms with E-state index in [1.807, 2.05) is 16.3 Å². The lowest BCUT2D eigenvalue weighted by atomic mass is 9.98. The summed E-state index contributed by atoms with van der Waals surface area (Å²) in [7, 11) is 0. The van der Waals surface area contributed by atoms with Gasteiger partial charge in [0, 0.05) is 43.2 Å². The number of nitro benzene ring substituents is 1. The number of anilines is 2. The first-order valence-corrected chi connectivity index (χ1v) is 11.7. The van der Waals surface area contributed by atoms with Gasteiger partial charge in [-0.2, -0.15) is 0 Å². The molecule has 9 heteroatoms. The van der Waals surface area contributed by atoms with Gasteiger partial charge in [-0.15, -0.1) is 11.3 Å². The van der Waals surface area contributed by atoms with Crippen molar-refractivity contribution in [1.29, 1.82) is 0 Å². The van der Waals surface area contributed by atoms with E-state index in [4.69, 9.17) is 0 Å². The fourth-order valence-electron chi connectivity index (χ4n) is 4.42. The monoisotopic (exact) mass is 465 g/mol. The van der Waals surface area contributed by atoms with Crippen molar-refractivity contribution in [2.75, 3.05) is 42.9 Å². The van der Waals surface area contributed by atoms with E-state index in [-0.39, 0.29) is 23.1 Å². The van der Waals surface area contributed by atoms with Crippen molar-refractivity contribution >= 4 is 33.8 Å². The molecule has 2 aromatic carbocycles. The fraction of sp³-hybridized carbons (Fsp3) is 0.333. The second-order valence-corrected chi connectivity index (χ2v) is 9.23. The van der Waals surface area contributed by atoms with E-state index < -0.39 is 0 Å². The Morgan fingerprint density at radius 3 is 2.45 bits per heavy atom. The van der Waals surface area contributed by atoms with E-state index in [0.717, 1.165) is 11.3 Å². The number of carbonyl (C=O) groups excluding carboxylic acids is 1. The molecule has 0 unspecified atom stereocenters. The number of benzene rings is 2. The third-order valence-electron chi connectivity index (χ3n) is 5.84. The van der Waals surface area contributed by atoms with Gasteiger partial charge >= 0.3 is 0 Å². The number of nitrogens with zero attached hydrogens (tertiary/aromatic N) is 4. The number of aromatic nitrogens is 1. The smallest absolute Gasteiger partial charge is 0.292 e. The molecule has 1 aliphatic rings. The zero-order valence-corrected chi connectivity index (χ0v) is 19.8. The third kappa shape index (κ3) is 5.20. The second-order valence-electron chi connectivity index (χ2n) is 8.37. The topological polar surface area (TPSA) is 91.6 Å². The molecule has 0 aliphatic carbocycles. The zero-order chi connectivity index (χ0) is 23.5. The Balaban J connectivity index is 1.34. The molecule has 0 radical (unpaired) electrons. The highest BCUT2D eigenvalue weighted by Crippen LogP contribution is 2.31. The summed E-state index contributed by atoms with van der Waals surface area (Å²) in [5, 5.41) is 16.8. The van der Waals surface area contributed by atoms with Crippen LogP contribution in [0.1, 0.15) is 16.7 Å². The molecular weight excluding hydrogens is 438 g/mol. The van der Waals surface area contributed by atoms with E-state index in [9.17, 15) is 14.9 Å². The third-order valence-corrected chi connectivity index (χ3v) is 6.60. The summed E-state index contributed by atoms with van der Waals surface area (Å²) in [6, 6.07) is 11.1. The molecule has 1 aromatic heterocycles. The van der Waals surface area contributed by atoms with Gasteiger partial charge in [0.1, 0.15) is 5.69 Å². The van der Waals surface area contributed by atoms with Crippen LogP contribution in [0.4, 0.5) is 16.5 Å². The summed E-state index contributed by atoms with van der Waals surface area (Å²) in [5.41, 5.74) is 6.30. The number of nitrogens with one attached hydrogen (secondary N) is 1. The first-order chi connectivity index (χ1) is 15.8. The van der Waals surface area contributed by atoms with Crippen LogP contribution in [0.3, 0.4) is 0 Å². The predicted octanol–water partition coefficient (Wildman–Crippen LogP) is 4.40. The van der Waals surface area contributed by atoms with Crippen LogP contribution >= 0.6 is 11.3 Å². The molecule has 0 atom stereocenters. The van der Waals surface area contributed by atoms with Crippen LogP contribution in [-0.2, 0) is 4.79 Å². The quantitative estimate of drug-likeness (QED) is 0.428. The summed E-state index contributed by atoms with van der Waals surface area (Å²) in [6.45, 7) is 9.08. The van der Waals surface area contributed by atoms with Gasteiger partial charge in [-0.3, -0.25) is 19.8 Å². The molecule has 1 N–H and O–H groups in total. The predicted molar refractivity (Wildman–Crippen MR) is 132 cm³/mol. The maximum absolute atomic E-state index is 12.6. The van der Waals surface area contributed by atoms with Gasteiger partial charge in [-0.05, 0) is 38.0 Å². The van der Waals surface area contributed by atoms with Crippen LogP contribution in [0.15, 0.2) is 41.8 Å². The Morgan fingerprint density at radius 2 is 1.79 bits per heavy atom. The molecule has 2 heterocycles. The Bertz CT molecular complexity index is 1160. The molecular formula is C24H27N5O3S. The lowest BCUT2D eigenvalue weighted by Gasteiger charge is -2.35. The number of rotatable bonds is 6. The van der Waals surface area contributed by atoms with E-state index in [0.29, 0.717) is 37.0 Å². The maximum atomic E-state index is 12.6. The molecule has 33 heavy (non-hydrogen) atoms. The number of carbonyl (C=O) groups is 1. The van der Waals surface area contributed by atoms with Crippen molar-refractivity contribution in [1.82, 2.24) is 9.88 Å². The maximum Gasteiger partial charge on any atom is 0.292 e. The number of amides is 1. The van der Waals surface area contributed by atoms with Gasteiger partial charge in [0.15, 0.2) is 5.13 Å². The van der Waals surface area contributed by atoms with Crippen LogP contribution in [0.5, 0.6) is 0 Å². The lowest BCUT2D eigenvalue weighted by Crippen LogP contribution is -2.48. The summed E-state index contributed by atoms with van der Waals surface area (Å²) in [4.78, 5) is 32.3. The van der Waals surface area contributed by atoms with Gasteiger partial charge in [0.2, 0.25) is 5.91 Å². The first kappa shape index (κ1) is 22.9. The fourth-order valence-corrected chi connectivity index (χ4v) is 5.14. The average molecular weight is 466 g/mol. The number of hydrogen-bond donors (Lipinski definition) is 1. The van der Waals surface area contributed by atoms with Gasteiger partial charge in [0.25, 0.3) is 5.69 Å². The van der Waals surface area contributed by atoms with E-state index >= 15 is 0 Å². The van der Waals surface area contributed by atoms with E-state index in [1.54, 1.807) is 12.1 Å². The van der Waals surface area contributed by atoms with E-state index in [2.05, 4.69) is 48.1 Å². The molecule has 1 amide bonds. The zero-order valence-electron chi connectivity index (χ0n) is 19.0. The Morgan fingerprint density at radius 1 is 1.12 bits per heavy atom.